The van der Waals surface area contributed by atoms with Crippen molar-refractivity contribution in [3.05, 3.63) is 0 Å². The predicted octanol–water partition coefficient (Wildman–Crippen LogP) is 0.879. The number of nitrogens with zero attached hydrogens (tertiary/aromatic N) is 1. The van der Waals surface area contributed by atoms with Crippen LogP contribution in [0.15, 0.2) is 0 Å². The summed E-state index contributed by atoms with van der Waals surface area (Å²) in [7, 11) is 0. The minimum absolute atomic E-state index is 0.137. The average molecular weight is 269 g/mol. The zero-order valence-electron chi connectivity index (χ0n) is 12.2. The maximum Gasteiger partial charge on any atom is 0.236 e. The molecule has 1 rings (SSSR count). The number of amides is 2. The number of nitrogens with one attached hydrogen (secondary N) is 1. The zero-order valence-corrected chi connectivity index (χ0v) is 12.2. The molecule has 1 atom stereocenters. The van der Waals surface area contributed by atoms with E-state index in [1.54, 1.807) is 0 Å². The molecule has 0 bridgehead atoms. The Kier molecular flexibility index (Phi) is 6.84. The van der Waals surface area contributed by atoms with Crippen LogP contribution < -0.4 is 11.1 Å². The van der Waals surface area contributed by atoms with Crippen LogP contribution in [-0.4, -0.2) is 42.4 Å². The summed E-state index contributed by atoms with van der Waals surface area (Å²) in [4.78, 5) is 25.4. The monoisotopic (exact) mass is 269 g/mol. The second-order valence-corrected chi connectivity index (χ2v) is 5.72. The lowest BCUT2D eigenvalue weighted by atomic mass is 10.0. The summed E-state index contributed by atoms with van der Waals surface area (Å²) in [5, 5.41) is 2.75. The molecule has 0 spiro atoms. The Morgan fingerprint density at radius 1 is 1.21 bits per heavy atom. The first-order valence-corrected chi connectivity index (χ1v) is 7.31. The standard InChI is InChI=1S/C14H27N3O2/c1-11(2)10-12(15)14(19)16-7-6-13(18)17-8-4-3-5-9-17/h11-12H,3-10,15H2,1-2H3,(H,16,19)/t12-/m0/s1. The molecule has 0 unspecified atom stereocenters. The van der Waals surface area contributed by atoms with E-state index in [-0.39, 0.29) is 11.8 Å². The summed E-state index contributed by atoms with van der Waals surface area (Å²) in [5.41, 5.74) is 5.77. The van der Waals surface area contributed by atoms with Gasteiger partial charge in [-0.1, -0.05) is 13.8 Å². The van der Waals surface area contributed by atoms with Crippen molar-refractivity contribution in [2.45, 2.75) is 52.0 Å². The molecule has 1 heterocycles. The van der Waals surface area contributed by atoms with Gasteiger partial charge in [-0.25, -0.2) is 0 Å². The molecule has 19 heavy (non-hydrogen) atoms. The van der Waals surface area contributed by atoms with E-state index in [2.05, 4.69) is 5.32 Å². The van der Waals surface area contributed by atoms with Gasteiger partial charge in [0, 0.05) is 26.1 Å². The van der Waals surface area contributed by atoms with Crippen molar-refractivity contribution in [3.63, 3.8) is 0 Å². The van der Waals surface area contributed by atoms with Crippen molar-refractivity contribution in [2.75, 3.05) is 19.6 Å². The smallest absolute Gasteiger partial charge is 0.236 e. The van der Waals surface area contributed by atoms with Gasteiger partial charge in [0.2, 0.25) is 11.8 Å². The Hall–Kier alpha value is -1.10. The van der Waals surface area contributed by atoms with E-state index in [1.165, 1.54) is 6.42 Å². The van der Waals surface area contributed by atoms with E-state index in [4.69, 9.17) is 5.73 Å². The number of hydrogen-bond donors (Lipinski definition) is 2. The average Bonchev–Trinajstić information content (AvgIpc) is 2.38. The van der Waals surface area contributed by atoms with Gasteiger partial charge in [-0.05, 0) is 31.6 Å². The van der Waals surface area contributed by atoms with E-state index in [0.717, 1.165) is 25.9 Å². The summed E-state index contributed by atoms with van der Waals surface area (Å²) in [6.45, 7) is 6.18. The summed E-state index contributed by atoms with van der Waals surface area (Å²) < 4.78 is 0. The molecule has 0 aromatic heterocycles. The maximum atomic E-state index is 11.9. The highest BCUT2D eigenvalue weighted by Gasteiger charge is 2.18. The molecule has 0 aromatic carbocycles. The summed E-state index contributed by atoms with van der Waals surface area (Å²) >= 11 is 0. The third kappa shape index (κ3) is 6.05. The van der Waals surface area contributed by atoms with Gasteiger partial charge in [-0.3, -0.25) is 9.59 Å². The number of piperidine rings is 1. The summed E-state index contributed by atoms with van der Waals surface area (Å²) in [6, 6.07) is -0.468. The molecule has 1 fully saturated rings. The van der Waals surface area contributed by atoms with Crippen LogP contribution in [0.25, 0.3) is 0 Å². The van der Waals surface area contributed by atoms with Gasteiger partial charge in [-0.15, -0.1) is 0 Å². The number of hydrogen-bond acceptors (Lipinski definition) is 3. The van der Waals surface area contributed by atoms with Gasteiger partial charge in [0.05, 0.1) is 6.04 Å². The Morgan fingerprint density at radius 3 is 2.42 bits per heavy atom. The lowest BCUT2D eigenvalue weighted by Crippen LogP contribution is -2.43. The quantitative estimate of drug-likeness (QED) is 0.751. The van der Waals surface area contributed by atoms with Gasteiger partial charge in [0.1, 0.15) is 0 Å². The van der Waals surface area contributed by atoms with Crippen molar-refractivity contribution >= 4 is 11.8 Å². The van der Waals surface area contributed by atoms with Crippen LogP contribution in [0.3, 0.4) is 0 Å². The van der Waals surface area contributed by atoms with Crippen LogP contribution in [0, 0.1) is 5.92 Å². The molecule has 5 heteroatoms. The first-order valence-electron chi connectivity index (χ1n) is 7.31. The fourth-order valence-electron chi connectivity index (χ4n) is 2.34. The van der Waals surface area contributed by atoms with Crippen molar-refractivity contribution in [2.24, 2.45) is 11.7 Å². The lowest BCUT2D eigenvalue weighted by molar-refractivity contribution is -0.132. The van der Waals surface area contributed by atoms with Crippen LogP contribution in [-0.2, 0) is 9.59 Å². The minimum atomic E-state index is -0.468. The molecule has 1 saturated heterocycles. The van der Waals surface area contributed by atoms with Crippen molar-refractivity contribution in [1.82, 2.24) is 10.2 Å². The summed E-state index contributed by atoms with van der Waals surface area (Å²) in [6.07, 6.45) is 4.45. The second kappa shape index (κ2) is 8.15. The number of nitrogens with two attached hydrogens (primary N) is 1. The molecule has 0 aliphatic carbocycles. The van der Waals surface area contributed by atoms with Crippen molar-refractivity contribution in [1.29, 1.82) is 0 Å². The minimum Gasteiger partial charge on any atom is -0.354 e. The molecule has 0 aromatic rings. The summed E-state index contributed by atoms with van der Waals surface area (Å²) in [5.74, 6) is 0.383. The Balaban J connectivity index is 2.18. The molecule has 3 N–H and O–H groups in total. The van der Waals surface area contributed by atoms with E-state index in [0.29, 0.717) is 25.3 Å². The van der Waals surface area contributed by atoms with Crippen LogP contribution in [0.4, 0.5) is 0 Å². The SMILES string of the molecule is CC(C)C[C@H](N)C(=O)NCCC(=O)N1CCCCC1. The zero-order chi connectivity index (χ0) is 14.3. The predicted molar refractivity (Wildman–Crippen MR) is 75.5 cm³/mol. The highest BCUT2D eigenvalue weighted by molar-refractivity contribution is 5.82. The molecule has 110 valence electrons. The van der Waals surface area contributed by atoms with E-state index >= 15 is 0 Å². The van der Waals surface area contributed by atoms with Crippen LogP contribution in [0.2, 0.25) is 0 Å². The van der Waals surface area contributed by atoms with Gasteiger partial charge in [-0.2, -0.15) is 0 Å². The molecule has 0 radical (unpaired) electrons. The van der Waals surface area contributed by atoms with Gasteiger partial charge >= 0.3 is 0 Å². The first-order chi connectivity index (χ1) is 9.00. The maximum absolute atomic E-state index is 11.9. The highest BCUT2D eigenvalue weighted by atomic mass is 16.2. The number of carbonyl (C=O) groups excluding carboxylic acids is 2. The van der Waals surface area contributed by atoms with Crippen LogP contribution in [0.5, 0.6) is 0 Å². The second-order valence-electron chi connectivity index (χ2n) is 5.72. The fourth-order valence-corrected chi connectivity index (χ4v) is 2.34. The molecule has 1 aliphatic rings. The molecule has 0 saturated carbocycles. The van der Waals surface area contributed by atoms with Gasteiger partial charge < -0.3 is 16.0 Å². The Bertz CT molecular complexity index is 299. The van der Waals surface area contributed by atoms with E-state index in [1.807, 2.05) is 18.7 Å². The number of carbonyl (C=O) groups is 2. The van der Waals surface area contributed by atoms with Crippen LogP contribution >= 0.6 is 0 Å². The lowest BCUT2D eigenvalue weighted by Gasteiger charge is -2.26. The topological polar surface area (TPSA) is 75.4 Å². The van der Waals surface area contributed by atoms with Crippen molar-refractivity contribution in [3.8, 4) is 0 Å². The third-order valence-corrected chi connectivity index (χ3v) is 3.41. The molecule has 5 nitrogen and oxygen atoms in total. The van der Waals surface area contributed by atoms with Gasteiger partial charge in [0.15, 0.2) is 0 Å². The van der Waals surface area contributed by atoms with Crippen LogP contribution in [0.1, 0.15) is 46.0 Å². The van der Waals surface area contributed by atoms with Gasteiger partial charge in [0.25, 0.3) is 0 Å². The highest BCUT2D eigenvalue weighted by Crippen LogP contribution is 2.09. The molecule has 1 aliphatic heterocycles. The van der Waals surface area contributed by atoms with Crippen molar-refractivity contribution < 1.29 is 9.59 Å². The Morgan fingerprint density at radius 2 is 1.84 bits per heavy atom. The molecular weight excluding hydrogens is 242 g/mol. The number of rotatable bonds is 6. The number of likely N-dealkylation sites (tertiary alicyclic amines) is 1. The Labute approximate surface area is 115 Å². The largest absolute Gasteiger partial charge is 0.354 e. The fraction of sp³-hybridized carbons (Fsp3) is 0.857. The van der Waals surface area contributed by atoms with E-state index in [9.17, 15) is 9.59 Å². The molecule has 2 amide bonds. The third-order valence-electron chi connectivity index (χ3n) is 3.41. The molecular formula is C14H27N3O2. The first kappa shape index (κ1) is 16.0. The van der Waals surface area contributed by atoms with E-state index < -0.39 is 6.04 Å². The normalized spacial score (nSPS) is 17.4.